The molecule has 0 bridgehead atoms. The highest BCUT2D eigenvalue weighted by atomic mass is 32.2. The highest BCUT2D eigenvalue weighted by Crippen LogP contribution is 2.22. The Balaban J connectivity index is 2.34. The molecule has 0 saturated carbocycles. The van der Waals surface area contributed by atoms with Crippen LogP contribution in [0.15, 0.2) is 53.4 Å². The molecule has 0 unspecified atom stereocenters. The van der Waals surface area contributed by atoms with Crippen LogP contribution in [0.5, 0.6) is 0 Å². The smallest absolute Gasteiger partial charge is 0.282 e. The van der Waals surface area contributed by atoms with Crippen molar-refractivity contribution in [1.82, 2.24) is 0 Å². The summed E-state index contributed by atoms with van der Waals surface area (Å²) in [6.07, 6.45) is 0. The molecule has 2 aromatic carbocycles. The van der Waals surface area contributed by atoms with E-state index in [0.29, 0.717) is 5.75 Å². The summed E-state index contributed by atoms with van der Waals surface area (Å²) in [5.74, 6) is 0.683. The van der Waals surface area contributed by atoms with Gasteiger partial charge in [-0.25, -0.2) is 0 Å². The largest absolute Gasteiger partial charge is 0.294 e. The van der Waals surface area contributed by atoms with E-state index >= 15 is 0 Å². The predicted octanol–water partition coefficient (Wildman–Crippen LogP) is 3.03. The average molecular weight is 280 g/mol. The second-order valence-electron chi connectivity index (χ2n) is 3.85. The molecule has 18 heavy (non-hydrogen) atoms. The monoisotopic (exact) mass is 280 g/mol. The van der Waals surface area contributed by atoms with Crippen molar-refractivity contribution in [1.29, 1.82) is 0 Å². The molecular formula is C13H12O3S2. The Morgan fingerprint density at radius 1 is 0.889 bits per heavy atom. The van der Waals surface area contributed by atoms with Crippen LogP contribution < -0.4 is 0 Å². The normalized spacial score (nSPS) is 11.4. The molecule has 0 aliphatic heterocycles. The highest BCUT2D eigenvalue weighted by molar-refractivity contribution is 7.85. The molecule has 0 aliphatic carbocycles. The van der Waals surface area contributed by atoms with Crippen LogP contribution in [-0.4, -0.2) is 13.0 Å². The first-order valence-corrected chi connectivity index (χ1v) is 7.36. The molecule has 1 N–H and O–H groups in total. The van der Waals surface area contributed by atoms with E-state index in [9.17, 15) is 8.42 Å². The van der Waals surface area contributed by atoms with Gasteiger partial charge >= 0.3 is 0 Å². The standard InChI is InChI=1S/C13H12O3S2/c14-18(15,16)13-7-5-12(6-8-13)11-3-1-10(9-17)2-4-11/h1-8,17H,9H2,(H,14,15,16). The molecule has 2 aromatic rings. The van der Waals surface area contributed by atoms with Crippen LogP contribution in [0.4, 0.5) is 0 Å². The summed E-state index contributed by atoms with van der Waals surface area (Å²) >= 11 is 4.18. The van der Waals surface area contributed by atoms with Gasteiger partial charge in [-0.3, -0.25) is 4.55 Å². The number of hydrogen-bond donors (Lipinski definition) is 2. The molecule has 0 saturated heterocycles. The molecule has 5 heteroatoms. The molecule has 0 radical (unpaired) electrons. The number of rotatable bonds is 3. The fourth-order valence-corrected chi connectivity index (χ4v) is 2.31. The maximum atomic E-state index is 10.9. The van der Waals surface area contributed by atoms with Crippen molar-refractivity contribution < 1.29 is 13.0 Å². The van der Waals surface area contributed by atoms with Crippen LogP contribution in [0.3, 0.4) is 0 Å². The summed E-state index contributed by atoms with van der Waals surface area (Å²) in [5, 5.41) is 0. The minimum atomic E-state index is -4.12. The Morgan fingerprint density at radius 2 is 1.33 bits per heavy atom. The number of thiol groups is 1. The van der Waals surface area contributed by atoms with Crippen molar-refractivity contribution in [3.05, 3.63) is 54.1 Å². The van der Waals surface area contributed by atoms with Gasteiger partial charge in [0, 0.05) is 5.75 Å². The topological polar surface area (TPSA) is 54.4 Å². The van der Waals surface area contributed by atoms with Crippen LogP contribution >= 0.6 is 12.6 Å². The molecule has 0 fully saturated rings. The molecule has 0 atom stereocenters. The first-order chi connectivity index (χ1) is 8.50. The van der Waals surface area contributed by atoms with E-state index in [1.54, 1.807) is 12.1 Å². The Bertz CT molecular complexity index is 629. The minimum absolute atomic E-state index is 0.0989. The second kappa shape index (κ2) is 5.14. The summed E-state index contributed by atoms with van der Waals surface area (Å²) in [7, 11) is -4.12. The summed E-state index contributed by atoms with van der Waals surface area (Å²) in [4.78, 5) is -0.0989. The number of benzene rings is 2. The third-order valence-electron chi connectivity index (χ3n) is 2.62. The minimum Gasteiger partial charge on any atom is -0.282 e. The van der Waals surface area contributed by atoms with E-state index in [1.165, 1.54) is 12.1 Å². The average Bonchev–Trinajstić information content (AvgIpc) is 2.38. The van der Waals surface area contributed by atoms with E-state index in [1.807, 2.05) is 24.3 Å². The molecule has 94 valence electrons. The van der Waals surface area contributed by atoms with Gasteiger partial charge in [0.25, 0.3) is 10.1 Å². The molecule has 2 rings (SSSR count). The fourth-order valence-electron chi connectivity index (χ4n) is 1.62. The van der Waals surface area contributed by atoms with E-state index in [-0.39, 0.29) is 4.90 Å². The van der Waals surface area contributed by atoms with Gasteiger partial charge in [-0.2, -0.15) is 21.0 Å². The van der Waals surface area contributed by atoms with E-state index in [2.05, 4.69) is 12.6 Å². The van der Waals surface area contributed by atoms with Gasteiger partial charge in [0.05, 0.1) is 4.90 Å². The van der Waals surface area contributed by atoms with Gasteiger partial charge in [0.1, 0.15) is 0 Å². The lowest BCUT2D eigenvalue weighted by molar-refractivity contribution is 0.483. The van der Waals surface area contributed by atoms with Crippen LogP contribution in [-0.2, 0) is 15.9 Å². The van der Waals surface area contributed by atoms with E-state index in [0.717, 1.165) is 16.7 Å². The summed E-state index contributed by atoms with van der Waals surface area (Å²) in [6.45, 7) is 0. The summed E-state index contributed by atoms with van der Waals surface area (Å²) in [6, 6.07) is 14.0. The molecule has 3 nitrogen and oxygen atoms in total. The van der Waals surface area contributed by atoms with E-state index in [4.69, 9.17) is 4.55 Å². The SMILES string of the molecule is O=S(=O)(O)c1ccc(-c2ccc(CS)cc2)cc1. The first-order valence-electron chi connectivity index (χ1n) is 5.28. The lowest BCUT2D eigenvalue weighted by atomic mass is 10.0. The Kier molecular flexibility index (Phi) is 3.75. The zero-order chi connectivity index (χ0) is 13.2. The zero-order valence-corrected chi connectivity index (χ0v) is 11.2. The van der Waals surface area contributed by atoms with Gasteiger partial charge in [-0.05, 0) is 28.8 Å². The van der Waals surface area contributed by atoms with Crippen LogP contribution in [0.2, 0.25) is 0 Å². The van der Waals surface area contributed by atoms with Crippen molar-refractivity contribution in [3.8, 4) is 11.1 Å². The van der Waals surface area contributed by atoms with E-state index < -0.39 is 10.1 Å². The van der Waals surface area contributed by atoms with Crippen LogP contribution in [0.25, 0.3) is 11.1 Å². The Labute approximate surface area is 112 Å². The van der Waals surface area contributed by atoms with Gasteiger partial charge in [0.15, 0.2) is 0 Å². The van der Waals surface area contributed by atoms with Crippen LogP contribution in [0.1, 0.15) is 5.56 Å². The van der Waals surface area contributed by atoms with Gasteiger partial charge < -0.3 is 0 Å². The third-order valence-corrected chi connectivity index (χ3v) is 3.86. The van der Waals surface area contributed by atoms with Crippen molar-refractivity contribution >= 4 is 22.7 Å². The van der Waals surface area contributed by atoms with Crippen molar-refractivity contribution in [2.24, 2.45) is 0 Å². The van der Waals surface area contributed by atoms with Crippen molar-refractivity contribution in [3.63, 3.8) is 0 Å². The molecular weight excluding hydrogens is 268 g/mol. The lowest BCUT2D eigenvalue weighted by Crippen LogP contribution is -1.97. The first kappa shape index (κ1) is 13.1. The molecule has 0 aromatic heterocycles. The van der Waals surface area contributed by atoms with Crippen molar-refractivity contribution in [2.75, 3.05) is 0 Å². The number of hydrogen-bond acceptors (Lipinski definition) is 3. The quantitative estimate of drug-likeness (QED) is 0.671. The second-order valence-corrected chi connectivity index (χ2v) is 5.59. The maximum Gasteiger partial charge on any atom is 0.294 e. The maximum absolute atomic E-state index is 10.9. The van der Waals surface area contributed by atoms with Crippen molar-refractivity contribution in [2.45, 2.75) is 10.6 Å². The lowest BCUT2D eigenvalue weighted by Gasteiger charge is -2.04. The highest BCUT2D eigenvalue weighted by Gasteiger charge is 2.08. The Hall–Kier alpha value is -1.30. The van der Waals surface area contributed by atoms with Gasteiger partial charge in [0.2, 0.25) is 0 Å². The Morgan fingerprint density at radius 3 is 1.72 bits per heavy atom. The third kappa shape index (κ3) is 2.93. The fraction of sp³-hybridized carbons (Fsp3) is 0.0769. The zero-order valence-electron chi connectivity index (χ0n) is 9.45. The van der Waals surface area contributed by atoms with Crippen LogP contribution in [0, 0.1) is 0 Å². The van der Waals surface area contributed by atoms with Gasteiger partial charge in [-0.1, -0.05) is 36.4 Å². The molecule has 0 amide bonds. The molecule has 0 spiro atoms. The van der Waals surface area contributed by atoms with Gasteiger partial charge in [-0.15, -0.1) is 0 Å². The summed E-state index contributed by atoms with van der Waals surface area (Å²) < 4.78 is 30.7. The molecule has 0 aliphatic rings. The predicted molar refractivity (Wildman–Crippen MR) is 74.4 cm³/mol. The summed E-state index contributed by atoms with van der Waals surface area (Å²) in [5.41, 5.74) is 3.01. The molecule has 0 heterocycles.